The van der Waals surface area contributed by atoms with Crippen molar-refractivity contribution in [3.8, 4) is 0 Å². The summed E-state index contributed by atoms with van der Waals surface area (Å²) in [5.41, 5.74) is -0.595. The smallest absolute Gasteiger partial charge is 0.350 e. The number of benzene rings is 1. The van der Waals surface area contributed by atoms with Gasteiger partial charge in [0.1, 0.15) is 0 Å². The van der Waals surface area contributed by atoms with E-state index in [9.17, 15) is 18.0 Å². The Labute approximate surface area is 133 Å². The van der Waals surface area contributed by atoms with E-state index in [0.29, 0.717) is 13.1 Å². The molecule has 0 fully saturated rings. The van der Waals surface area contributed by atoms with Crippen LogP contribution in [0.4, 0.5) is 13.2 Å². The molecule has 0 aliphatic rings. The highest BCUT2D eigenvalue weighted by molar-refractivity contribution is 5.94. The van der Waals surface area contributed by atoms with Gasteiger partial charge in [0.05, 0.1) is 12.1 Å². The molecule has 1 rings (SSSR count). The Bertz CT molecular complexity index is 541. The minimum absolute atomic E-state index is 0.183. The van der Waals surface area contributed by atoms with Gasteiger partial charge in [-0.2, -0.15) is 13.2 Å². The summed E-state index contributed by atoms with van der Waals surface area (Å²) in [6.07, 6.45) is -4.40. The quantitative estimate of drug-likeness (QED) is 0.521. The molecule has 0 saturated carbocycles. The van der Waals surface area contributed by atoms with E-state index in [1.165, 1.54) is 0 Å². The summed E-state index contributed by atoms with van der Waals surface area (Å²) in [5, 5.41) is 2.63. The Morgan fingerprint density at radius 2 is 1.61 bits per heavy atom. The number of nitrogens with zero attached hydrogens (tertiary/aromatic N) is 3. The molecular formula is C15H21F3N4O. The minimum atomic E-state index is -4.40. The van der Waals surface area contributed by atoms with Crippen molar-refractivity contribution in [1.82, 2.24) is 15.1 Å². The first kappa shape index (κ1) is 18.8. The van der Waals surface area contributed by atoms with Gasteiger partial charge in [-0.15, -0.1) is 0 Å². The number of hydrogen-bond acceptors (Lipinski definition) is 2. The second-order valence-corrected chi connectivity index (χ2v) is 5.30. The standard InChI is InChI=1S/C15H21F3N4O/c1-21(2)14(22(3)4)20-10-9-19-13(23)11-5-7-12(8-6-11)15(16,17)18/h5-8H,9-10H2,1-4H3,(H,19,23). The van der Waals surface area contributed by atoms with Crippen molar-refractivity contribution < 1.29 is 18.0 Å². The van der Waals surface area contributed by atoms with Crippen LogP contribution in [0.5, 0.6) is 0 Å². The van der Waals surface area contributed by atoms with Crippen LogP contribution in [0.25, 0.3) is 0 Å². The maximum absolute atomic E-state index is 12.5. The summed E-state index contributed by atoms with van der Waals surface area (Å²) in [5.74, 6) is 0.332. The summed E-state index contributed by atoms with van der Waals surface area (Å²) in [6.45, 7) is 0.670. The average Bonchev–Trinajstić information content (AvgIpc) is 2.45. The second kappa shape index (κ2) is 7.85. The van der Waals surface area contributed by atoms with Crippen LogP contribution >= 0.6 is 0 Å². The summed E-state index contributed by atoms with van der Waals surface area (Å²) in [4.78, 5) is 19.9. The van der Waals surface area contributed by atoms with Crippen molar-refractivity contribution in [2.45, 2.75) is 6.18 Å². The molecule has 128 valence electrons. The van der Waals surface area contributed by atoms with Gasteiger partial charge in [-0.05, 0) is 24.3 Å². The molecule has 0 bridgehead atoms. The predicted octanol–water partition coefficient (Wildman–Crippen LogP) is 1.91. The molecule has 1 aromatic rings. The van der Waals surface area contributed by atoms with Gasteiger partial charge in [-0.3, -0.25) is 9.79 Å². The molecule has 0 radical (unpaired) electrons. The zero-order valence-corrected chi connectivity index (χ0v) is 13.6. The van der Waals surface area contributed by atoms with E-state index < -0.39 is 17.6 Å². The Balaban J connectivity index is 2.56. The van der Waals surface area contributed by atoms with Gasteiger partial charge < -0.3 is 15.1 Å². The zero-order chi connectivity index (χ0) is 17.6. The molecule has 0 aliphatic heterocycles. The number of nitrogens with one attached hydrogen (secondary N) is 1. The van der Waals surface area contributed by atoms with Crippen LogP contribution in [-0.2, 0) is 6.18 Å². The first-order chi connectivity index (χ1) is 10.6. The predicted molar refractivity (Wildman–Crippen MR) is 83.5 cm³/mol. The zero-order valence-electron chi connectivity index (χ0n) is 13.6. The molecule has 0 aromatic heterocycles. The number of hydrogen-bond donors (Lipinski definition) is 1. The fraction of sp³-hybridized carbons (Fsp3) is 0.467. The molecule has 0 atom stereocenters. The first-order valence-corrected chi connectivity index (χ1v) is 6.97. The third kappa shape index (κ3) is 5.80. The van der Waals surface area contributed by atoms with Crippen LogP contribution in [0.3, 0.4) is 0 Å². The van der Waals surface area contributed by atoms with Crippen molar-refractivity contribution in [2.75, 3.05) is 41.3 Å². The Hall–Kier alpha value is -2.25. The van der Waals surface area contributed by atoms with Crippen LogP contribution in [0, 0.1) is 0 Å². The lowest BCUT2D eigenvalue weighted by atomic mass is 10.1. The molecule has 0 saturated heterocycles. The van der Waals surface area contributed by atoms with Gasteiger partial charge in [-0.25, -0.2) is 0 Å². The maximum Gasteiger partial charge on any atom is 0.416 e. The summed E-state index contributed by atoms with van der Waals surface area (Å²) in [7, 11) is 7.44. The molecule has 23 heavy (non-hydrogen) atoms. The molecule has 0 heterocycles. The SMILES string of the molecule is CN(C)C(=NCCNC(=O)c1ccc(C(F)(F)F)cc1)N(C)C. The van der Waals surface area contributed by atoms with Crippen LogP contribution in [0.2, 0.25) is 0 Å². The number of halogens is 3. The molecule has 5 nitrogen and oxygen atoms in total. The van der Waals surface area contributed by atoms with Crippen molar-refractivity contribution in [3.05, 3.63) is 35.4 Å². The second-order valence-electron chi connectivity index (χ2n) is 5.30. The lowest BCUT2D eigenvalue weighted by molar-refractivity contribution is -0.137. The molecule has 1 N–H and O–H groups in total. The molecular weight excluding hydrogens is 309 g/mol. The normalized spacial score (nSPS) is 10.9. The van der Waals surface area contributed by atoms with Crippen molar-refractivity contribution >= 4 is 11.9 Å². The van der Waals surface area contributed by atoms with E-state index in [1.54, 1.807) is 0 Å². The Morgan fingerprint density at radius 1 is 1.09 bits per heavy atom. The highest BCUT2D eigenvalue weighted by Gasteiger charge is 2.30. The highest BCUT2D eigenvalue weighted by Crippen LogP contribution is 2.28. The number of carbonyl (C=O) groups is 1. The number of aliphatic imine (C=N–C) groups is 1. The topological polar surface area (TPSA) is 47.9 Å². The van der Waals surface area contributed by atoms with E-state index in [-0.39, 0.29) is 5.56 Å². The fourth-order valence-corrected chi connectivity index (χ4v) is 1.92. The molecule has 8 heteroatoms. The van der Waals surface area contributed by atoms with Crippen LogP contribution in [0.15, 0.2) is 29.3 Å². The number of amides is 1. The third-order valence-corrected chi connectivity index (χ3v) is 2.93. The van der Waals surface area contributed by atoms with Crippen molar-refractivity contribution in [2.24, 2.45) is 4.99 Å². The lowest BCUT2D eigenvalue weighted by Gasteiger charge is -2.22. The highest BCUT2D eigenvalue weighted by atomic mass is 19.4. The van der Waals surface area contributed by atoms with Crippen LogP contribution in [-0.4, -0.2) is 62.9 Å². The molecule has 0 aliphatic carbocycles. The molecule has 1 aromatic carbocycles. The fourth-order valence-electron chi connectivity index (χ4n) is 1.92. The average molecular weight is 330 g/mol. The van der Waals surface area contributed by atoms with Crippen molar-refractivity contribution in [3.63, 3.8) is 0 Å². The number of carbonyl (C=O) groups excluding carboxylic acids is 1. The van der Waals surface area contributed by atoms with E-state index >= 15 is 0 Å². The largest absolute Gasteiger partial charge is 0.416 e. The molecule has 0 unspecified atom stereocenters. The number of rotatable bonds is 4. The van der Waals surface area contributed by atoms with Gasteiger partial charge >= 0.3 is 6.18 Å². The molecule has 0 spiro atoms. The van der Waals surface area contributed by atoms with E-state index in [2.05, 4.69) is 10.3 Å². The van der Waals surface area contributed by atoms with Crippen LogP contribution in [0.1, 0.15) is 15.9 Å². The minimum Gasteiger partial charge on any atom is -0.350 e. The van der Waals surface area contributed by atoms with Gasteiger partial charge in [-0.1, -0.05) is 0 Å². The van der Waals surface area contributed by atoms with E-state index in [0.717, 1.165) is 30.2 Å². The van der Waals surface area contributed by atoms with E-state index in [1.807, 2.05) is 38.0 Å². The van der Waals surface area contributed by atoms with Crippen molar-refractivity contribution in [1.29, 1.82) is 0 Å². The Kier molecular flexibility index (Phi) is 6.41. The molecule has 1 amide bonds. The summed E-state index contributed by atoms with van der Waals surface area (Å²) in [6, 6.07) is 4.10. The summed E-state index contributed by atoms with van der Waals surface area (Å²) >= 11 is 0. The van der Waals surface area contributed by atoms with Gasteiger partial charge in [0, 0.05) is 40.3 Å². The Morgan fingerprint density at radius 3 is 2.04 bits per heavy atom. The summed E-state index contributed by atoms with van der Waals surface area (Å²) < 4.78 is 37.4. The number of alkyl halides is 3. The maximum atomic E-state index is 12.5. The van der Waals surface area contributed by atoms with E-state index in [4.69, 9.17) is 0 Å². The van der Waals surface area contributed by atoms with Crippen LogP contribution < -0.4 is 5.32 Å². The third-order valence-electron chi connectivity index (χ3n) is 2.93. The lowest BCUT2D eigenvalue weighted by Crippen LogP contribution is -2.36. The van der Waals surface area contributed by atoms with Gasteiger partial charge in [0.25, 0.3) is 5.91 Å². The van der Waals surface area contributed by atoms with Gasteiger partial charge in [0.15, 0.2) is 5.96 Å². The number of guanidine groups is 1. The van der Waals surface area contributed by atoms with Gasteiger partial charge in [0.2, 0.25) is 0 Å². The first-order valence-electron chi connectivity index (χ1n) is 6.97. The monoisotopic (exact) mass is 330 g/mol.